The molecule has 34 heavy (non-hydrogen) atoms. The number of pyridine rings is 1. The number of nitrogens with zero attached hydrogens (tertiary/aromatic N) is 2. The number of halogens is 1. The number of aromatic nitrogens is 1. The number of H-pyrrole nitrogens is 1. The van der Waals surface area contributed by atoms with Crippen LogP contribution in [0.5, 0.6) is 0 Å². The fourth-order valence-electron chi connectivity index (χ4n) is 4.68. The molecule has 1 aromatic carbocycles. The van der Waals surface area contributed by atoms with E-state index in [2.05, 4.69) is 4.98 Å². The number of hydrogen-bond donors (Lipinski definition) is 1. The van der Waals surface area contributed by atoms with Crippen molar-refractivity contribution in [1.82, 2.24) is 14.8 Å². The summed E-state index contributed by atoms with van der Waals surface area (Å²) < 4.78 is 20.1. The van der Waals surface area contributed by atoms with Gasteiger partial charge in [-0.3, -0.25) is 14.4 Å². The number of carbonyl (C=O) groups is 2. The number of aryl methyl sites for hydroxylation is 2. The Kier molecular flexibility index (Phi) is 7.46. The maximum Gasteiger partial charge on any atom is 0.261 e. The Morgan fingerprint density at radius 3 is 2.71 bits per heavy atom. The van der Waals surface area contributed by atoms with E-state index in [9.17, 15) is 18.8 Å². The van der Waals surface area contributed by atoms with Gasteiger partial charge in [0.25, 0.3) is 11.5 Å². The molecule has 2 amide bonds. The summed E-state index contributed by atoms with van der Waals surface area (Å²) in [5.41, 5.74) is 1.93. The van der Waals surface area contributed by atoms with Gasteiger partial charge in [0.05, 0.1) is 12.7 Å². The number of benzene rings is 1. The molecule has 182 valence electrons. The van der Waals surface area contributed by atoms with E-state index in [1.807, 2.05) is 13.8 Å². The Morgan fingerprint density at radius 2 is 1.94 bits per heavy atom. The highest BCUT2D eigenvalue weighted by Gasteiger charge is 2.33. The van der Waals surface area contributed by atoms with Gasteiger partial charge in [-0.05, 0) is 49.3 Å². The van der Waals surface area contributed by atoms with Crippen molar-refractivity contribution < 1.29 is 18.7 Å². The summed E-state index contributed by atoms with van der Waals surface area (Å²) in [6.07, 6.45) is 3.15. The Labute approximate surface area is 198 Å². The topological polar surface area (TPSA) is 82.7 Å². The van der Waals surface area contributed by atoms with Gasteiger partial charge >= 0.3 is 0 Å². The largest absolute Gasteiger partial charge is 0.370 e. The van der Waals surface area contributed by atoms with Crippen molar-refractivity contribution in [3.63, 3.8) is 0 Å². The highest BCUT2D eigenvalue weighted by Crippen LogP contribution is 2.20. The Balaban J connectivity index is 1.57. The summed E-state index contributed by atoms with van der Waals surface area (Å²) in [6, 6.07) is 8.06. The van der Waals surface area contributed by atoms with E-state index in [0.29, 0.717) is 18.7 Å². The lowest BCUT2D eigenvalue weighted by Gasteiger charge is -2.26. The second-order valence-electron chi connectivity index (χ2n) is 9.63. The van der Waals surface area contributed by atoms with Gasteiger partial charge < -0.3 is 19.5 Å². The number of amides is 2. The van der Waals surface area contributed by atoms with E-state index in [1.54, 1.807) is 29.2 Å². The van der Waals surface area contributed by atoms with Gasteiger partial charge in [0.1, 0.15) is 17.9 Å². The number of carbonyl (C=O) groups excluding carboxylic acids is 2. The minimum atomic E-state index is -0.509. The minimum Gasteiger partial charge on any atom is -0.370 e. The van der Waals surface area contributed by atoms with Crippen molar-refractivity contribution in [3.8, 4) is 0 Å². The zero-order valence-electron chi connectivity index (χ0n) is 19.8. The lowest BCUT2D eigenvalue weighted by Crippen LogP contribution is -2.42. The average Bonchev–Trinajstić information content (AvgIpc) is 2.96. The number of rotatable bonds is 6. The molecule has 4 rings (SSSR count). The third-order valence-electron chi connectivity index (χ3n) is 6.40. The summed E-state index contributed by atoms with van der Waals surface area (Å²) in [5.74, 6) is -0.788. The Morgan fingerprint density at radius 1 is 1.18 bits per heavy atom. The summed E-state index contributed by atoms with van der Waals surface area (Å²) >= 11 is 0. The van der Waals surface area contributed by atoms with E-state index in [4.69, 9.17) is 4.74 Å². The first-order valence-corrected chi connectivity index (χ1v) is 12.0. The lowest BCUT2D eigenvalue weighted by atomic mass is 9.95. The highest BCUT2D eigenvalue weighted by atomic mass is 19.1. The van der Waals surface area contributed by atoms with Crippen molar-refractivity contribution in [2.24, 2.45) is 5.92 Å². The van der Waals surface area contributed by atoms with Gasteiger partial charge in [0, 0.05) is 30.9 Å². The monoisotopic (exact) mass is 469 g/mol. The molecule has 2 heterocycles. The van der Waals surface area contributed by atoms with Crippen LogP contribution in [0.1, 0.15) is 53.9 Å². The molecule has 1 atom stereocenters. The first kappa shape index (κ1) is 24.1. The number of fused-ring (bicyclic) bond motifs is 1. The third kappa shape index (κ3) is 5.55. The van der Waals surface area contributed by atoms with E-state index in [0.717, 1.165) is 36.9 Å². The van der Waals surface area contributed by atoms with Crippen molar-refractivity contribution >= 4 is 11.8 Å². The van der Waals surface area contributed by atoms with Gasteiger partial charge in [-0.2, -0.15) is 0 Å². The summed E-state index contributed by atoms with van der Waals surface area (Å²) in [6.45, 7) is 4.91. The number of hydrogen-bond acceptors (Lipinski definition) is 4. The van der Waals surface area contributed by atoms with E-state index in [-0.39, 0.29) is 42.9 Å². The molecule has 0 spiro atoms. The van der Waals surface area contributed by atoms with Crippen LogP contribution in [0.3, 0.4) is 0 Å². The van der Waals surface area contributed by atoms with E-state index < -0.39 is 17.6 Å². The molecule has 0 bridgehead atoms. The average molecular weight is 470 g/mol. The quantitative estimate of drug-likeness (QED) is 0.705. The highest BCUT2D eigenvalue weighted by molar-refractivity contribution is 5.96. The van der Waals surface area contributed by atoms with Crippen LogP contribution in [0.4, 0.5) is 4.39 Å². The zero-order valence-corrected chi connectivity index (χ0v) is 19.8. The van der Waals surface area contributed by atoms with Crippen molar-refractivity contribution in [2.75, 3.05) is 26.2 Å². The predicted octanol–water partition coefficient (Wildman–Crippen LogP) is 2.92. The van der Waals surface area contributed by atoms with Gasteiger partial charge in [-0.25, -0.2) is 4.39 Å². The molecule has 7 nitrogen and oxygen atoms in total. The molecule has 0 radical (unpaired) electrons. The number of nitrogens with one attached hydrogen (secondary N) is 1. The number of ether oxygens (including phenoxy) is 1. The van der Waals surface area contributed by atoms with Crippen LogP contribution in [0, 0.1) is 11.7 Å². The van der Waals surface area contributed by atoms with Gasteiger partial charge in [-0.1, -0.05) is 32.0 Å². The smallest absolute Gasteiger partial charge is 0.261 e. The maximum atomic E-state index is 14.1. The van der Waals surface area contributed by atoms with Crippen LogP contribution in [0.2, 0.25) is 0 Å². The van der Waals surface area contributed by atoms with Crippen LogP contribution >= 0.6 is 0 Å². The fourth-order valence-corrected chi connectivity index (χ4v) is 4.68. The number of aromatic amines is 1. The van der Waals surface area contributed by atoms with Crippen LogP contribution in [0.15, 0.2) is 35.1 Å². The predicted molar refractivity (Wildman–Crippen MR) is 126 cm³/mol. The van der Waals surface area contributed by atoms with Crippen molar-refractivity contribution in [2.45, 2.75) is 52.2 Å². The summed E-state index contributed by atoms with van der Waals surface area (Å²) in [4.78, 5) is 45.1. The maximum absolute atomic E-state index is 14.1. The Hall–Kier alpha value is -3.00. The van der Waals surface area contributed by atoms with Crippen molar-refractivity contribution in [1.29, 1.82) is 0 Å². The first-order valence-electron chi connectivity index (χ1n) is 12.0. The van der Waals surface area contributed by atoms with Crippen molar-refractivity contribution in [3.05, 3.63) is 68.9 Å². The first-order chi connectivity index (χ1) is 16.3. The molecule has 1 saturated heterocycles. The molecule has 1 N–H and O–H groups in total. The van der Waals surface area contributed by atoms with Crippen LogP contribution < -0.4 is 5.56 Å². The van der Waals surface area contributed by atoms with Gasteiger partial charge in [-0.15, -0.1) is 0 Å². The molecule has 2 aliphatic rings. The molecule has 0 saturated carbocycles. The van der Waals surface area contributed by atoms with E-state index >= 15 is 0 Å². The second-order valence-corrected chi connectivity index (χ2v) is 9.63. The molecular formula is C26H32FN3O4. The molecule has 1 aliphatic carbocycles. The third-order valence-corrected chi connectivity index (χ3v) is 6.40. The molecule has 1 fully saturated rings. The van der Waals surface area contributed by atoms with E-state index in [1.165, 1.54) is 11.0 Å². The molecule has 1 aromatic heterocycles. The minimum absolute atomic E-state index is 0.0303. The fraction of sp³-hybridized carbons (Fsp3) is 0.500. The molecule has 1 aliphatic heterocycles. The Bertz CT molecular complexity index is 1110. The standard InChI is InChI=1S/C26H32FN3O4/c1-17(2)12-29-13-20(34-16-19-8-3-5-9-22(19)27)14-30(15-24(29)31)26(33)21-11-18-7-4-6-10-23(18)28-25(21)32/h3,5,8-9,11,17,20H,4,6-7,10,12-16H2,1-2H3,(H,28,32)/t20-/m0/s1. The van der Waals surface area contributed by atoms with Gasteiger partial charge in [0.15, 0.2) is 0 Å². The van der Waals surface area contributed by atoms with Crippen LogP contribution in [-0.2, 0) is 29.0 Å². The SMILES string of the molecule is CC(C)CN1C[C@H](OCc2ccccc2F)CN(C(=O)c2cc3c([nH]c2=O)CCCC3)CC1=O. The zero-order chi connectivity index (χ0) is 24.2. The molecule has 2 aromatic rings. The van der Waals surface area contributed by atoms with Crippen LogP contribution in [0.25, 0.3) is 0 Å². The molecule has 0 unspecified atom stereocenters. The normalized spacial score (nSPS) is 18.7. The summed E-state index contributed by atoms with van der Waals surface area (Å²) in [5, 5.41) is 0. The van der Waals surface area contributed by atoms with Crippen LogP contribution in [-0.4, -0.2) is 58.9 Å². The second kappa shape index (κ2) is 10.5. The summed E-state index contributed by atoms with van der Waals surface area (Å²) in [7, 11) is 0. The van der Waals surface area contributed by atoms with Gasteiger partial charge in [0.2, 0.25) is 5.91 Å². The lowest BCUT2D eigenvalue weighted by molar-refractivity contribution is -0.132. The molecular weight excluding hydrogens is 437 g/mol. The molecule has 8 heteroatoms.